The van der Waals surface area contributed by atoms with Gasteiger partial charge in [-0.25, -0.2) is 15.0 Å². The molecule has 0 atom stereocenters. The quantitative estimate of drug-likeness (QED) is 0.438. The van der Waals surface area contributed by atoms with E-state index in [1.165, 1.54) is 11.1 Å². The molecule has 6 nitrogen and oxygen atoms in total. The number of hydrogen-bond acceptors (Lipinski definition) is 5. The van der Waals surface area contributed by atoms with E-state index in [-0.39, 0.29) is 6.84 Å². The van der Waals surface area contributed by atoms with Crippen LogP contribution in [0.1, 0.15) is 46.9 Å². The zero-order valence-corrected chi connectivity index (χ0v) is 21.3. The van der Waals surface area contributed by atoms with Crippen LogP contribution in [0.4, 0.5) is 0 Å². The smallest absolute Gasteiger partial charge is 0.177 e. The number of ether oxygens (including phenoxy) is 1. The molecule has 182 valence electrons. The van der Waals surface area contributed by atoms with Crippen LogP contribution in [0.25, 0.3) is 22.3 Å². The van der Waals surface area contributed by atoms with Crippen LogP contribution in [-0.4, -0.2) is 39.2 Å². The number of allylic oxidation sites excluding steroid dienone is 4. The van der Waals surface area contributed by atoms with Crippen molar-refractivity contribution in [3.63, 3.8) is 0 Å². The monoisotopic (exact) mass is 469 g/mol. The zero-order chi connectivity index (χ0) is 24.7. The molecule has 0 amide bonds. The van der Waals surface area contributed by atoms with E-state index < -0.39 is 0 Å². The number of rotatable bonds is 3. The fourth-order valence-electron chi connectivity index (χ4n) is 4.87. The lowest BCUT2D eigenvalue weighted by Gasteiger charge is -2.35. The summed E-state index contributed by atoms with van der Waals surface area (Å²) in [5.41, 5.74) is 8.67. The molecule has 0 bridgehead atoms. The van der Waals surface area contributed by atoms with Crippen molar-refractivity contribution < 1.29 is 6.16 Å². The van der Waals surface area contributed by atoms with Gasteiger partial charge >= 0.3 is 0 Å². The van der Waals surface area contributed by atoms with E-state index in [1.54, 1.807) is 0 Å². The van der Waals surface area contributed by atoms with E-state index in [0.29, 0.717) is 13.2 Å². The molecule has 0 radical (unpaired) electrons. The Hall–Kier alpha value is -3.67. The second-order valence-electron chi connectivity index (χ2n) is 10.1. The van der Waals surface area contributed by atoms with Crippen LogP contribution in [-0.2, 0) is 6.54 Å². The molecular formula is C29H35N5O. The van der Waals surface area contributed by atoms with Crippen LogP contribution in [0, 0.1) is 12.3 Å². The first-order chi connectivity index (χ1) is 16.7. The van der Waals surface area contributed by atoms with Gasteiger partial charge in [-0.3, -0.25) is 0 Å². The Bertz CT molecular complexity index is 1410. The lowest BCUT2D eigenvalue weighted by atomic mass is 9.73. The average Bonchev–Trinajstić information content (AvgIpc) is 3.06. The number of aromatic nitrogens is 3. The molecule has 2 aromatic heterocycles. The van der Waals surface area contributed by atoms with Gasteiger partial charge in [-0.15, -0.1) is 0 Å². The third-order valence-corrected chi connectivity index (χ3v) is 7.12. The van der Waals surface area contributed by atoms with E-state index >= 15 is 0 Å². The molecule has 1 aliphatic heterocycles. The maximum absolute atomic E-state index is 6.16. The Morgan fingerprint density at radius 3 is 2.89 bits per heavy atom. The third-order valence-electron chi connectivity index (χ3n) is 7.12. The van der Waals surface area contributed by atoms with Crippen molar-refractivity contribution in [3.8, 4) is 16.9 Å². The number of pyridine rings is 1. The van der Waals surface area contributed by atoms with Gasteiger partial charge in [0.05, 0.1) is 12.1 Å². The lowest BCUT2D eigenvalue weighted by molar-refractivity contribution is 0.259. The van der Waals surface area contributed by atoms with Crippen LogP contribution >= 0.6 is 0 Å². The Balaban J connectivity index is 0.00000304. The number of aryl methyl sites for hydroxylation is 1. The molecule has 3 heterocycles. The first-order valence-electron chi connectivity index (χ1n) is 12.2. The van der Waals surface area contributed by atoms with Crippen LogP contribution in [0.5, 0.6) is 5.75 Å². The van der Waals surface area contributed by atoms with Gasteiger partial charge in [0.25, 0.3) is 0 Å². The molecule has 0 fully saturated rings. The molecule has 1 aliphatic carbocycles. The number of aromatic amines is 1. The normalized spacial score (nSPS) is 19.4. The second kappa shape index (κ2) is 8.84. The topological polar surface area (TPSA) is 66.4 Å². The highest BCUT2D eigenvalue weighted by Crippen LogP contribution is 2.43. The molecule has 6 heteroatoms. The molecule has 5 rings (SSSR count). The highest BCUT2D eigenvalue weighted by Gasteiger charge is 2.30. The summed E-state index contributed by atoms with van der Waals surface area (Å²) in [4.78, 5) is 19.4. The van der Waals surface area contributed by atoms with E-state index in [4.69, 9.17) is 9.73 Å². The molecule has 3 aromatic rings. The zero-order valence-electron chi connectivity index (χ0n) is 21.3. The Kier molecular flexibility index (Phi) is 5.83. The highest BCUT2D eigenvalue weighted by molar-refractivity contribution is 5.78. The first kappa shape index (κ1) is 23.1. The molecule has 35 heavy (non-hydrogen) atoms. The van der Waals surface area contributed by atoms with Gasteiger partial charge in [-0.2, -0.15) is 0 Å². The molecule has 0 unspecified atom stereocenters. The maximum atomic E-state index is 6.16. The summed E-state index contributed by atoms with van der Waals surface area (Å²) in [7, 11) is 0. The van der Waals surface area contributed by atoms with E-state index in [2.05, 4.69) is 77.5 Å². The number of nitrogens with zero attached hydrogens (tertiary/aromatic N) is 4. The minimum Gasteiger partial charge on any atom is -0.491 e. The van der Waals surface area contributed by atoms with Crippen molar-refractivity contribution in [1.29, 1.82) is 0 Å². The summed E-state index contributed by atoms with van der Waals surface area (Å²) in [6.07, 6.45) is 6.90. The number of hydrogen-bond donors (Lipinski definition) is 1. The van der Waals surface area contributed by atoms with Crippen molar-refractivity contribution in [2.45, 2.75) is 47.6 Å². The van der Waals surface area contributed by atoms with Crippen molar-refractivity contribution in [2.75, 3.05) is 13.2 Å². The number of imidazole rings is 1. The molecule has 0 saturated heterocycles. The van der Waals surface area contributed by atoms with Crippen molar-refractivity contribution in [1.82, 2.24) is 19.9 Å². The average molecular weight is 470 g/mol. The Morgan fingerprint density at radius 1 is 1.26 bits per heavy atom. The summed E-state index contributed by atoms with van der Waals surface area (Å²) >= 11 is 0. The van der Waals surface area contributed by atoms with Gasteiger partial charge in [0, 0.05) is 37.1 Å². The molecule has 2 aliphatic rings. The molecular weight excluding hydrogens is 434 g/mol. The number of nitrogens with one attached hydrogen (secondary N) is 1. The summed E-state index contributed by atoms with van der Waals surface area (Å²) in [6.45, 7) is 17.1. The van der Waals surface area contributed by atoms with Crippen LogP contribution < -0.4 is 4.74 Å². The molecule has 0 saturated carbocycles. The van der Waals surface area contributed by atoms with Crippen molar-refractivity contribution in [3.05, 3.63) is 77.0 Å². The Labute approximate surface area is 208 Å². The fraction of sp³-hybridized carbons (Fsp3) is 0.345. The SMILES string of the molecule is C=C1C=C(C)C(C)(C)C/C1=C(/N=C\C)N1CCOc2ccc(-c3cnc4nc(C)[nH]c4c3)cc2C1.[HH]. The maximum Gasteiger partial charge on any atom is 0.177 e. The van der Waals surface area contributed by atoms with Gasteiger partial charge in [0.1, 0.15) is 24.0 Å². The van der Waals surface area contributed by atoms with Crippen molar-refractivity contribution in [2.24, 2.45) is 10.4 Å². The Morgan fingerprint density at radius 2 is 2.09 bits per heavy atom. The van der Waals surface area contributed by atoms with Gasteiger partial charge in [-0.05, 0) is 61.9 Å². The fourth-order valence-corrected chi connectivity index (χ4v) is 4.87. The highest BCUT2D eigenvalue weighted by atomic mass is 16.5. The lowest BCUT2D eigenvalue weighted by Crippen LogP contribution is -2.28. The van der Waals surface area contributed by atoms with Gasteiger partial charge < -0.3 is 14.6 Å². The summed E-state index contributed by atoms with van der Waals surface area (Å²) in [5, 5.41) is 0. The summed E-state index contributed by atoms with van der Waals surface area (Å²) in [5.74, 6) is 2.78. The third kappa shape index (κ3) is 4.41. The molecule has 1 aromatic carbocycles. The van der Waals surface area contributed by atoms with Gasteiger partial charge in [-0.1, -0.05) is 38.1 Å². The van der Waals surface area contributed by atoms with Crippen LogP contribution in [0.3, 0.4) is 0 Å². The summed E-state index contributed by atoms with van der Waals surface area (Å²) < 4.78 is 6.16. The predicted molar refractivity (Wildman–Crippen MR) is 145 cm³/mol. The van der Waals surface area contributed by atoms with E-state index in [9.17, 15) is 0 Å². The molecule has 0 spiro atoms. The van der Waals surface area contributed by atoms with Gasteiger partial charge in [0.15, 0.2) is 5.65 Å². The number of benzene rings is 1. The van der Waals surface area contributed by atoms with Crippen LogP contribution in [0.2, 0.25) is 0 Å². The first-order valence-corrected chi connectivity index (χ1v) is 12.2. The van der Waals surface area contributed by atoms with Crippen molar-refractivity contribution >= 4 is 17.4 Å². The standard InChI is InChI=1S/C29H33N5O.H2/c1-7-30-28(24-15-29(5,6)19(3)12-18(24)2)34-10-11-35-26-9-8-21(13-23(26)17-34)22-14-25-27(31-16-22)33-20(4)32-25;/h7-9,12-14,16H,2,10-11,15,17H2,1,3-6H3,(H,31,32,33);1H/b28-24+,30-7-;. The van der Waals surface area contributed by atoms with E-state index in [0.717, 1.165) is 63.8 Å². The number of aliphatic imine (C=N–C) groups is 1. The summed E-state index contributed by atoms with van der Waals surface area (Å²) in [6, 6.07) is 8.49. The number of fused-ring (bicyclic) bond motifs is 2. The largest absolute Gasteiger partial charge is 0.491 e. The minimum absolute atomic E-state index is 0. The van der Waals surface area contributed by atoms with E-state index in [1.807, 2.05) is 26.3 Å². The van der Waals surface area contributed by atoms with Gasteiger partial charge in [0.2, 0.25) is 0 Å². The number of H-pyrrole nitrogens is 1. The van der Waals surface area contributed by atoms with Crippen LogP contribution in [0.15, 0.2) is 70.6 Å². The minimum atomic E-state index is 0. The predicted octanol–water partition coefficient (Wildman–Crippen LogP) is 6.61. The second-order valence-corrected chi connectivity index (χ2v) is 10.1. The molecule has 1 N–H and O–H groups in total.